The summed E-state index contributed by atoms with van der Waals surface area (Å²) in [5.74, 6) is 0.324. The van der Waals surface area contributed by atoms with Crippen LogP contribution < -0.4 is 10.1 Å². The fraction of sp³-hybridized carbons (Fsp3) is 0.263. The number of thioether (sulfide) groups is 1. The van der Waals surface area contributed by atoms with Crippen LogP contribution in [-0.4, -0.2) is 24.1 Å². The zero-order chi connectivity index (χ0) is 19.3. The van der Waals surface area contributed by atoms with Crippen LogP contribution in [0.3, 0.4) is 0 Å². The topological polar surface area (TPSA) is 55.4 Å². The van der Waals surface area contributed by atoms with Gasteiger partial charge in [-0.05, 0) is 50.2 Å². The van der Waals surface area contributed by atoms with Crippen molar-refractivity contribution < 1.29 is 18.7 Å². The van der Waals surface area contributed by atoms with Crippen LogP contribution in [0.1, 0.15) is 29.8 Å². The number of benzene rings is 2. The first-order chi connectivity index (χ1) is 12.3. The van der Waals surface area contributed by atoms with Gasteiger partial charge in [-0.3, -0.25) is 9.59 Å². The first-order valence-corrected chi connectivity index (χ1v) is 9.71. The van der Waals surface area contributed by atoms with E-state index in [4.69, 9.17) is 4.74 Å². The lowest BCUT2D eigenvalue weighted by Crippen LogP contribution is -2.23. The Labute approximate surface area is 164 Å². The SMILES string of the molecule is COc1ccc(C(C)=O)cc1CSC(C)C(=O)Nc1ccc(Br)cc1F. The number of Topliss-reactive ketones (excluding diaryl/α,β-unsaturated/α-hetero) is 1. The molecule has 0 aliphatic carbocycles. The van der Waals surface area contributed by atoms with Crippen molar-refractivity contribution in [2.45, 2.75) is 24.9 Å². The molecule has 2 aromatic carbocycles. The lowest BCUT2D eigenvalue weighted by molar-refractivity contribution is -0.115. The van der Waals surface area contributed by atoms with Crippen LogP contribution >= 0.6 is 27.7 Å². The molecule has 1 unspecified atom stereocenters. The molecular formula is C19H19BrFNO3S. The third-order valence-electron chi connectivity index (χ3n) is 3.73. The quantitative estimate of drug-likeness (QED) is 0.612. The highest BCUT2D eigenvalue weighted by Crippen LogP contribution is 2.28. The minimum atomic E-state index is -0.499. The van der Waals surface area contributed by atoms with E-state index >= 15 is 0 Å². The van der Waals surface area contributed by atoms with E-state index in [1.807, 2.05) is 0 Å². The van der Waals surface area contributed by atoms with Gasteiger partial charge in [0.15, 0.2) is 5.78 Å². The van der Waals surface area contributed by atoms with Crippen molar-refractivity contribution in [2.24, 2.45) is 0 Å². The Morgan fingerprint density at radius 2 is 2.00 bits per heavy atom. The van der Waals surface area contributed by atoms with Crippen LogP contribution in [0.4, 0.5) is 10.1 Å². The molecule has 0 bridgehead atoms. The number of ketones is 1. The summed E-state index contributed by atoms with van der Waals surface area (Å²) in [7, 11) is 1.56. The van der Waals surface area contributed by atoms with E-state index in [9.17, 15) is 14.0 Å². The van der Waals surface area contributed by atoms with Crippen LogP contribution in [0.5, 0.6) is 5.75 Å². The van der Waals surface area contributed by atoms with Crippen molar-refractivity contribution in [3.05, 3.63) is 57.8 Å². The number of hydrogen-bond donors (Lipinski definition) is 1. The van der Waals surface area contributed by atoms with Gasteiger partial charge >= 0.3 is 0 Å². The maximum atomic E-state index is 13.8. The zero-order valence-electron chi connectivity index (χ0n) is 14.6. The highest BCUT2D eigenvalue weighted by atomic mass is 79.9. The summed E-state index contributed by atoms with van der Waals surface area (Å²) in [5.41, 5.74) is 1.57. The monoisotopic (exact) mass is 439 g/mol. The van der Waals surface area contributed by atoms with Gasteiger partial charge < -0.3 is 10.1 Å². The van der Waals surface area contributed by atoms with Crippen molar-refractivity contribution in [1.29, 1.82) is 0 Å². The van der Waals surface area contributed by atoms with Crippen LogP contribution in [0, 0.1) is 5.82 Å². The number of amides is 1. The Hall–Kier alpha value is -1.86. The van der Waals surface area contributed by atoms with Crippen LogP contribution in [0.25, 0.3) is 0 Å². The molecule has 0 heterocycles. The lowest BCUT2D eigenvalue weighted by Gasteiger charge is -2.14. The molecule has 4 nitrogen and oxygen atoms in total. The Morgan fingerprint density at radius 1 is 1.27 bits per heavy atom. The summed E-state index contributed by atoms with van der Waals surface area (Å²) in [6, 6.07) is 9.69. The molecule has 0 aliphatic rings. The van der Waals surface area contributed by atoms with Crippen LogP contribution in [0.2, 0.25) is 0 Å². The van der Waals surface area contributed by atoms with Gasteiger partial charge in [0.2, 0.25) is 5.91 Å². The predicted octanol–water partition coefficient (Wildman–Crippen LogP) is 5.06. The maximum absolute atomic E-state index is 13.8. The molecule has 0 saturated heterocycles. The third kappa shape index (κ3) is 5.32. The minimum Gasteiger partial charge on any atom is -0.496 e. The Balaban J connectivity index is 2.03. The second-order valence-electron chi connectivity index (χ2n) is 5.65. The number of nitrogens with one attached hydrogen (secondary N) is 1. The number of ether oxygens (including phenoxy) is 1. The number of anilines is 1. The number of rotatable bonds is 7. The molecular weight excluding hydrogens is 421 g/mol. The van der Waals surface area contributed by atoms with Gasteiger partial charge in [0.1, 0.15) is 11.6 Å². The highest BCUT2D eigenvalue weighted by molar-refractivity contribution is 9.10. The highest BCUT2D eigenvalue weighted by Gasteiger charge is 2.17. The van der Waals surface area contributed by atoms with Gasteiger partial charge in [0.05, 0.1) is 18.0 Å². The fourth-order valence-electron chi connectivity index (χ4n) is 2.23. The standard InChI is InChI=1S/C19H19BrFNO3S/c1-11(23)13-4-7-18(25-3)14(8-13)10-26-12(2)19(24)22-17-6-5-15(20)9-16(17)21/h4-9,12H,10H2,1-3H3,(H,22,24). The van der Waals surface area contributed by atoms with Gasteiger partial charge in [0, 0.05) is 21.4 Å². The van der Waals surface area contributed by atoms with Crippen LogP contribution in [0.15, 0.2) is 40.9 Å². The molecule has 0 aromatic heterocycles. The summed E-state index contributed by atoms with van der Waals surface area (Å²) >= 11 is 4.56. The third-order valence-corrected chi connectivity index (χ3v) is 5.42. The second-order valence-corrected chi connectivity index (χ2v) is 7.89. The largest absolute Gasteiger partial charge is 0.496 e. The molecule has 0 spiro atoms. The minimum absolute atomic E-state index is 0.0320. The Morgan fingerprint density at radius 3 is 2.62 bits per heavy atom. The number of hydrogen-bond acceptors (Lipinski definition) is 4. The van der Waals surface area contributed by atoms with Crippen LogP contribution in [-0.2, 0) is 10.5 Å². The van der Waals surface area contributed by atoms with Crippen molar-refractivity contribution in [3.8, 4) is 5.75 Å². The van der Waals surface area contributed by atoms with Crippen molar-refractivity contribution >= 4 is 45.1 Å². The van der Waals surface area contributed by atoms with Gasteiger partial charge in [0.25, 0.3) is 0 Å². The van der Waals surface area contributed by atoms with Crippen molar-refractivity contribution in [1.82, 2.24) is 0 Å². The van der Waals surface area contributed by atoms with E-state index in [1.54, 1.807) is 38.3 Å². The van der Waals surface area contributed by atoms with E-state index in [0.29, 0.717) is 21.5 Å². The lowest BCUT2D eigenvalue weighted by atomic mass is 10.1. The maximum Gasteiger partial charge on any atom is 0.237 e. The van der Waals surface area contributed by atoms with E-state index < -0.39 is 11.1 Å². The molecule has 1 N–H and O–H groups in total. The molecule has 2 rings (SSSR count). The van der Waals surface area contributed by atoms with Gasteiger partial charge in [-0.2, -0.15) is 0 Å². The van der Waals surface area contributed by atoms with Gasteiger partial charge in [-0.1, -0.05) is 15.9 Å². The normalized spacial score (nSPS) is 11.7. The summed E-state index contributed by atoms with van der Waals surface area (Å²) in [4.78, 5) is 23.9. The van der Waals surface area contributed by atoms with E-state index in [-0.39, 0.29) is 17.4 Å². The van der Waals surface area contributed by atoms with Crippen molar-refractivity contribution in [3.63, 3.8) is 0 Å². The first-order valence-electron chi connectivity index (χ1n) is 7.87. The number of halogens is 2. The summed E-state index contributed by atoms with van der Waals surface area (Å²) in [5, 5.41) is 2.18. The van der Waals surface area contributed by atoms with Gasteiger partial charge in [-0.15, -0.1) is 11.8 Å². The Kier molecular flexibility index (Phi) is 7.23. The van der Waals surface area contributed by atoms with Gasteiger partial charge in [-0.25, -0.2) is 4.39 Å². The molecule has 2 aromatic rings. The molecule has 0 saturated carbocycles. The average Bonchev–Trinajstić information content (AvgIpc) is 2.61. The number of carbonyl (C=O) groups is 2. The average molecular weight is 440 g/mol. The summed E-state index contributed by atoms with van der Waals surface area (Å²) in [6.45, 7) is 3.25. The molecule has 0 radical (unpaired) electrons. The molecule has 138 valence electrons. The molecule has 26 heavy (non-hydrogen) atoms. The molecule has 7 heteroatoms. The number of carbonyl (C=O) groups excluding carboxylic acids is 2. The van der Waals surface area contributed by atoms with E-state index in [0.717, 1.165) is 5.56 Å². The molecule has 1 amide bonds. The fourth-order valence-corrected chi connectivity index (χ4v) is 3.42. The molecule has 1 atom stereocenters. The first kappa shape index (κ1) is 20.5. The predicted molar refractivity (Wildman–Crippen MR) is 106 cm³/mol. The smallest absolute Gasteiger partial charge is 0.237 e. The summed E-state index contributed by atoms with van der Waals surface area (Å²) in [6.07, 6.45) is 0. The zero-order valence-corrected chi connectivity index (χ0v) is 17.0. The summed E-state index contributed by atoms with van der Waals surface area (Å²) < 4.78 is 19.8. The van der Waals surface area contributed by atoms with E-state index in [1.165, 1.54) is 30.8 Å². The van der Waals surface area contributed by atoms with E-state index in [2.05, 4.69) is 21.2 Å². The number of methoxy groups -OCH3 is 1. The van der Waals surface area contributed by atoms with Crippen molar-refractivity contribution in [2.75, 3.05) is 12.4 Å². The molecule has 0 fully saturated rings. The Bertz CT molecular complexity index is 828. The second kappa shape index (κ2) is 9.19. The molecule has 0 aliphatic heterocycles.